The third-order valence-electron chi connectivity index (χ3n) is 3.26. The summed E-state index contributed by atoms with van der Waals surface area (Å²) in [6.07, 6.45) is 2.09. The monoisotopic (exact) mass is 246 g/mol. The van der Waals surface area contributed by atoms with Gasteiger partial charge in [-0.05, 0) is 23.6 Å². The van der Waals surface area contributed by atoms with Gasteiger partial charge in [-0.25, -0.2) is 0 Å². The molecule has 1 atom stereocenters. The van der Waals surface area contributed by atoms with E-state index in [1.165, 1.54) is 10.6 Å². The van der Waals surface area contributed by atoms with E-state index >= 15 is 0 Å². The molecule has 2 aromatic heterocycles. The Morgan fingerprint density at radius 3 is 2.94 bits per heavy atom. The van der Waals surface area contributed by atoms with Gasteiger partial charge >= 0.3 is 0 Å². The summed E-state index contributed by atoms with van der Waals surface area (Å²) >= 11 is 1.71. The van der Waals surface area contributed by atoms with Crippen molar-refractivity contribution in [2.24, 2.45) is 0 Å². The number of hydrogen-bond acceptors (Lipinski definition) is 2. The maximum Gasteiger partial charge on any atom is 0.220 e. The van der Waals surface area contributed by atoms with E-state index in [4.69, 9.17) is 0 Å². The van der Waals surface area contributed by atoms with Gasteiger partial charge in [0.05, 0.1) is 0 Å². The molecule has 88 valence electrons. The number of hydrogen-bond donors (Lipinski definition) is 0. The SMILES string of the molecule is CC(=O)N1CCn2cccc2C1c1cccs1. The Labute approximate surface area is 104 Å². The molecular weight excluding hydrogens is 232 g/mol. The van der Waals surface area contributed by atoms with Crippen LogP contribution in [-0.2, 0) is 11.3 Å². The van der Waals surface area contributed by atoms with Crippen molar-refractivity contribution in [3.63, 3.8) is 0 Å². The maximum absolute atomic E-state index is 11.8. The lowest BCUT2D eigenvalue weighted by Gasteiger charge is -2.35. The fourth-order valence-electron chi connectivity index (χ4n) is 2.47. The predicted molar refractivity (Wildman–Crippen MR) is 68.0 cm³/mol. The molecular formula is C13H14N2OS. The second-order valence-electron chi connectivity index (χ2n) is 4.26. The lowest BCUT2D eigenvalue weighted by Crippen LogP contribution is -2.40. The fourth-order valence-corrected chi connectivity index (χ4v) is 3.32. The standard InChI is InChI=1S/C13H14N2OS/c1-10(16)15-8-7-14-6-2-4-11(14)13(15)12-5-3-9-17-12/h2-6,9,13H,7-8H2,1H3. The number of fused-ring (bicyclic) bond motifs is 1. The molecule has 3 rings (SSSR count). The summed E-state index contributed by atoms with van der Waals surface area (Å²) in [5, 5.41) is 2.07. The van der Waals surface area contributed by atoms with Crippen LogP contribution in [0.15, 0.2) is 35.8 Å². The van der Waals surface area contributed by atoms with Crippen LogP contribution in [-0.4, -0.2) is 21.9 Å². The molecule has 0 fully saturated rings. The van der Waals surface area contributed by atoms with Gasteiger partial charge in [0.1, 0.15) is 6.04 Å². The molecule has 0 saturated carbocycles. The van der Waals surface area contributed by atoms with Crippen LogP contribution in [0.4, 0.5) is 0 Å². The molecule has 1 amide bonds. The summed E-state index contributed by atoms with van der Waals surface area (Å²) in [7, 11) is 0. The van der Waals surface area contributed by atoms with E-state index < -0.39 is 0 Å². The Balaban J connectivity index is 2.09. The fraction of sp³-hybridized carbons (Fsp3) is 0.308. The summed E-state index contributed by atoms with van der Waals surface area (Å²) < 4.78 is 2.24. The summed E-state index contributed by atoms with van der Waals surface area (Å²) in [5.74, 6) is 0.149. The molecule has 0 aliphatic carbocycles. The summed E-state index contributed by atoms with van der Waals surface area (Å²) in [5.41, 5.74) is 1.22. The van der Waals surface area contributed by atoms with Gasteiger partial charge < -0.3 is 9.47 Å². The molecule has 0 saturated heterocycles. The second-order valence-corrected chi connectivity index (χ2v) is 5.24. The van der Waals surface area contributed by atoms with Crippen molar-refractivity contribution in [1.29, 1.82) is 0 Å². The maximum atomic E-state index is 11.8. The first-order valence-electron chi connectivity index (χ1n) is 5.73. The molecule has 3 heterocycles. The van der Waals surface area contributed by atoms with Gasteiger partial charge in [0.15, 0.2) is 0 Å². The van der Waals surface area contributed by atoms with Crippen LogP contribution >= 0.6 is 11.3 Å². The van der Waals surface area contributed by atoms with Crippen LogP contribution < -0.4 is 0 Å². The topological polar surface area (TPSA) is 25.2 Å². The first-order chi connectivity index (χ1) is 8.27. The molecule has 0 spiro atoms. The first-order valence-corrected chi connectivity index (χ1v) is 6.61. The average Bonchev–Trinajstić information content (AvgIpc) is 2.98. The number of nitrogens with zero attached hydrogens (tertiary/aromatic N) is 2. The molecule has 17 heavy (non-hydrogen) atoms. The number of aromatic nitrogens is 1. The van der Waals surface area contributed by atoms with Crippen LogP contribution in [0.3, 0.4) is 0 Å². The molecule has 1 aliphatic heterocycles. The molecule has 1 unspecified atom stereocenters. The molecule has 0 bridgehead atoms. The zero-order valence-electron chi connectivity index (χ0n) is 9.67. The molecule has 0 radical (unpaired) electrons. The van der Waals surface area contributed by atoms with Gasteiger partial charge in [-0.3, -0.25) is 4.79 Å². The third-order valence-corrected chi connectivity index (χ3v) is 4.18. The van der Waals surface area contributed by atoms with Gasteiger partial charge in [-0.1, -0.05) is 6.07 Å². The zero-order valence-corrected chi connectivity index (χ0v) is 10.5. The highest BCUT2D eigenvalue weighted by atomic mass is 32.1. The highest BCUT2D eigenvalue weighted by molar-refractivity contribution is 7.10. The van der Waals surface area contributed by atoms with E-state index in [0.717, 1.165) is 13.1 Å². The zero-order chi connectivity index (χ0) is 11.8. The minimum absolute atomic E-state index is 0.0937. The Bertz CT molecular complexity index is 529. The smallest absolute Gasteiger partial charge is 0.220 e. The van der Waals surface area contributed by atoms with E-state index in [-0.39, 0.29) is 11.9 Å². The van der Waals surface area contributed by atoms with E-state index in [1.807, 2.05) is 11.0 Å². The number of carbonyl (C=O) groups excluding carboxylic acids is 1. The number of amides is 1. The molecule has 1 aliphatic rings. The van der Waals surface area contributed by atoms with E-state index in [2.05, 4.69) is 34.3 Å². The number of rotatable bonds is 1. The molecule has 4 heteroatoms. The molecule has 0 aromatic carbocycles. The Morgan fingerprint density at radius 1 is 1.35 bits per heavy atom. The van der Waals surface area contributed by atoms with Crippen molar-refractivity contribution in [1.82, 2.24) is 9.47 Å². The van der Waals surface area contributed by atoms with Gasteiger partial charge in [0.25, 0.3) is 0 Å². The van der Waals surface area contributed by atoms with Crippen molar-refractivity contribution in [3.8, 4) is 0 Å². The van der Waals surface area contributed by atoms with Crippen molar-refractivity contribution in [3.05, 3.63) is 46.4 Å². The lowest BCUT2D eigenvalue weighted by molar-refractivity contribution is -0.131. The highest BCUT2D eigenvalue weighted by Crippen LogP contribution is 2.34. The third kappa shape index (κ3) is 1.69. The van der Waals surface area contributed by atoms with Crippen LogP contribution in [0.1, 0.15) is 23.5 Å². The van der Waals surface area contributed by atoms with Crippen LogP contribution in [0.5, 0.6) is 0 Å². The van der Waals surface area contributed by atoms with Crippen LogP contribution in [0, 0.1) is 0 Å². The second kappa shape index (κ2) is 4.04. The largest absolute Gasteiger partial charge is 0.347 e. The first kappa shape index (κ1) is 10.6. The van der Waals surface area contributed by atoms with Crippen molar-refractivity contribution >= 4 is 17.2 Å². The number of carbonyl (C=O) groups is 1. The Kier molecular flexibility index (Phi) is 2.52. The summed E-state index contributed by atoms with van der Waals surface area (Å²) in [6, 6.07) is 8.41. The van der Waals surface area contributed by atoms with Gasteiger partial charge in [0.2, 0.25) is 5.91 Å². The minimum Gasteiger partial charge on any atom is -0.347 e. The van der Waals surface area contributed by atoms with Crippen molar-refractivity contribution in [2.75, 3.05) is 6.54 Å². The van der Waals surface area contributed by atoms with Gasteiger partial charge in [-0.15, -0.1) is 11.3 Å². The van der Waals surface area contributed by atoms with Crippen LogP contribution in [0.2, 0.25) is 0 Å². The minimum atomic E-state index is 0.0937. The normalized spacial score (nSPS) is 19.1. The quantitative estimate of drug-likeness (QED) is 0.759. The lowest BCUT2D eigenvalue weighted by atomic mass is 10.1. The van der Waals surface area contributed by atoms with E-state index in [0.29, 0.717) is 0 Å². The van der Waals surface area contributed by atoms with Crippen molar-refractivity contribution in [2.45, 2.75) is 19.5 Å². The van der Waals surface area contributed by atoms with Crippen molar-refractivity contribution < 1.29 is 4.79 Å². The average molecular weight is 246 g/mol. The molecule has 0 N–H and O–H groups in total. The molecule has 3 nitrogen and oxygen atoms in total. The van der Waals surface area contributed by atoms with Gasteiger partial charge in [-0.2, -0.15) is 0 Å². The molecule has 2 aromatic rings. The van der Waals surface area contributed by atoms with E-state index in [1.54, 1.807) is 18.3 Å². The summed E-state index contributed by atoms with van der Waals surface area (Å²) in [6.45, 7) is 3.34. The van der Waals surface area contributed by atoms with E-state index in [9.17, 15) is 4.79 Å². The predicted octanol–water partition coefficient (Wildman–Crippen LogP) is 2.50. The van der Waals surface area contributed by atoms with Crippen LogP contribution in [0.25, 0.3) is 0 Å². The summed E-state index contributed by atoms with van der Waals surface area (Å²) in [4.78, 5) is 15.0. The Hall–Kier alpha value is -1.55. The number of thiophene rings is 1. The highest BCUT2D eigenvalue weighted by Gasteiger charge is 2.30. The van der Waals surface area contributed by atoms with Gasteiger partial charge in [0, 0.05) is 36.8 Å². The Morgan fingerprint density at radius 2 is 2.24 bits per heavy atom.